The van der Waals surface area contributed by atoms with Crippen molar-refractivity contribution in [3.05, 3.63) is 6.92 Å². The van der Waals surface area contributed by atoms with Crippen LogP contribution in [0.15, 0.2) is 0 Å². The Morgan fingerprint density at radius 1 is 1.40 bits per heavy atom. The van der Waals surface area contributed by atoms with Crippen LogP contribution in [0.1, 0.15) is 34.6 Å². The Morgan fingerprint density at radius 3 is 2.07 bits per heavy atom. The van der Waals surface area contributed by atoms with E-state index in [-0.39, 0.29) is 6.04 Å². The third kappa shape index (κ3) is 12.6. The summed E-state index contributed by atoms with van der Waals surface area (Å²) in [4.78, 5) is 11.2. The van der Waals surface area contributed by atoms with Gasteiger partial charge in [0.1, 0.15) is 5.60 Å². The number of hydrogen-bond donors (Lipinski definition) is 1. The molecule has 0 rings (SSSR count). The Morgan fingerprint density at radius 2 is 1.80 bits per heavy atom. The molecule has 0 radical (unpaired) electrons. The predicted molar refractivity (Wildman–Crippen MR) is 67.4 cm³/mol. The molecule has 0 fully saturated rings. The van der Waals surface area contributed by atoms with Gasteiger partial charge >= 0.3 is 40.6 Å². The van der Waals surface area contributed by atoms with Crippen molar-refractivity contribution in [1.82, 2.24) is 5.32 Å². The monoisotopic (exact) mass is 377 g/mol. The Balaban J connectivity index is 0. The number of hydrogen-bond acceptors (Lipinski definition) is 2. The summed E-state index contributed by atoms with van der Waals surface area (Å²) in [5.41, 5.74) is -0.444. The third-order valence-corrected chi connectivity index (χ3v) is 1.51. The van der Waals surface area contributed by atoms with Crippen molar-refractivity contribution in [2.24, 2.45) is 5.92 Å². The molecular formula is C10H20INO2Zn. The van der Waals surface area contributed by atoms with Gasteiger partial charge in [-0.05, 0) is 20.8 Å². The first-order valence-corrected chi connectivity index (χ1v) is 13.9. The van der Waals surface area contributed by atoms with E-state index in [1.807, 2.05) is 34.6 Å². The molecule has 3 nitrogen and oxygen atoms in total. The molecule has 1 atom stereocenters. The van der Waals surface area contributed by atoms with Crippen molar-refractivity contribution in [2.45, 2.75) is 46.3 Å². The van der Waals surface area contributed by atoms with Crippen molar-refractivity contribution in [3.63, 3.8) is 0 Å². The van der Waals surface area contributed by atoms with Crippen LogP contribution in [0.5, 0.6) is 0 Å². The van der Waals surface area contributed by atoms with Gasteiger partial charge in [0.25, 0.3) is 0 Å². The number of alkyl carbamates (subject to hydrolysis) is 1. The second-order valence-electron chi connectivity index (χ2n) is 4.50. The van der Waals surface area contributed by atoms with Crippen molar-refractivity contribution in [3.8, 4) is 0 Å². The van der Waals surface area contributed by atoms with E-state index in [9.17, 15) is 4.79 Å². The van der Waals surface area contributed by atoms with Gasteiger partial charge in [-0.15, -0.1) is 0 Å². The van der Waals surface area contributed by atoms with E-state index < -0.39 is 11.7 Å². The molecule has 1 N–H and O–H groups in total. The Labute approximate surface area is 114 Å². The topological polar surface area (TPSA) is 38.3 Å². The molecule has 0 aromatic heterocycles. The second kappa shape index (κ2) is 8.74. The fourth-order valence-corrected chi connectivity index (χ4v) is 0.626. The fraction of sp³-hybridized carbons (Fsp3) is 0.800. The van der Waals surface area contributed by atoms with Gasteiger partial charge in [0, 0.05) is 0 Å². The van der Waals surface area contributed by atoms with Gasteiger partial charge in [-0.2, -0.15) is 0 Å². The number of halogens is 1. The SMILES string of the molecule is [CH2-][C@@H](NC(=O)OC(C)(C)C)C(C)C.[Zn+][I]. The van der Waals surface area contributed by atoms with Crippen LogP contribution in [-0.4, -0.2) is 17.7 Å². The van der Waals surface area contributed by atoms with Crippen molar-refractivity contribution >= 4 is 25.8 Å². The molecule has 0 aliphatic heterocycles. The standard InChI is InChI=1S/C10H20NO2.HI.Zn/c1-7(2)8(3)11-9(12)13-10(4,5)6;;/h7-8H,3H2,1-2,4-6H3,(H,11,12);1H;/q-1;;+2/p-1/t8-;;/m1../s1. The molecule has 0 aliphatic carbocycles. The van der Waals surface area contributed by atoms with Crippen LogP contribution in [0, 0.1) is 12.8 Å². The van der Waals surface area contributed by atoms with Crippen LogP contribution < -0.4 is 5.32 Å². The van der Waals surface area contributed by atoms with Crippen molar-refractivity contribution < 1.29 is 24.3 Å². The summed E-state index contributed by atoms with van der Waals surface area (Å²) in [5, 5.41) is 2.66. The molecule has 0 heterocycles. The Kier molecular flexibility index (Phi) is 10.5. The fourth-order valence-electron chi connectivity index (χ4n) is 0.626. The number of carbonyl (C=O) groups is 1. The third-order valence-electron chi connectivity index (χ3n) is 1.51. The molecule has 0 bridgehead atoms. The van der Waals surface area contributed by atoms with E-state index in [2.05, 4.69) is 32.0 Å². The molecule has 0 saturated carbocycles. The van der Waals surface area contributed by atoms with E-state index >= 15 is 0 Å². The predicted octanol–water partition coefficient (Wildman–Crippen LogP) is 3.25. The van der Waals surface area contributed by atoms with Crippen LogP contribution in [0.3, 0.4) is 0 Å². The molecule has 15 heavy (non-hydrogen) atoms. The second-order valence-corrected chi connectivity index (χ2v) is 4.50. The number of carbonyl (C=O) groups excluding carboxylic acids is 1. The first kappa shape index (κ1) is 18.0. The van der Waals surface area contributed by atoms with Gasteiger partial charge in [0.05, 0.1) is 0 Å². The minimum atomic E-state index is -0.444. The molecule has 86 valence electrons. The molecular weight excluding hydrogens is 358 g/mol. The average molecular weight is 379 g/mol. The number of nitrogens with one attached hydrogen (secondary N) is 1. The van der Waals surface area contributed by atoms with Crippen molar-refractivity contribution in [2.75, 3.05) is 0 Å². The summed E-state index contributed by atoms with van der Waals surface area (Å²) in [5.74, 6) is 0.313. The summed E-state index contributed by atoms with van der Waals surface area (Å²) in [6, 6.07) is -0.102. The zero-order chi connectivity index (χ0) is 12.6. The first-order chi connectivity index (χ1) is 6.72. The Hall–Kier alpha value is 0.623. The van der Waals surface area contributed by atoms with E-state index in [1.54, 1.807) is 0 Å². The summed E-state index contributed by atoms with van der Waals surface area (Å²) >= 11 is 3.62. The van der Waals surface area contributed by atoms with Gasteiger partial charge in [-0.3, -0.25) is 0 Å². The number of amides is 1. The quantitative estimate of drug-likeness (QED) is 0.455. The van der Waals surface area contributed by atoms with Crippen LogP contribution in [-0.2, 0) is 19.5 Å². The molecule has 0 unspecified atom stereocenters. The summed E-state index contributed by atoms with van der Waals surface area (Å²) in [7, 11) is 0. The Bertz CT molecular complexity index is 181. The molecule has 0 aromatic rings. The molecule has 0 saturated heterocycles. The van der Waals surface area contributed by atoms with E-state index in [4.69, 9.17) is 4.74 Å². The summed E-state index contributed by atoms with van der Waals surface area (Å²) in [6.45, 7) is 13.3. The maximum absolute atomic E-state index is 11.2. The van der Waals surface area contributed by atoms with Crippen LogP contribution >= 0.6 is 19.8 Å². The van der Waals surface area contributed by atoms with E-state index in [0.29, 0.717) is 5.92 Å². The zero-order valence-corrected chi connectivity index (χ0v) is 15.4. The molecule has 0 aliphatic rings. The molecule has 5 heteroatoms. The summed E-state index contributed by atoms with van der Waals surface area (Å²) < 4.78 is 5.07. The van der Waals surface area contributed by atoms with E-state index in [1.165, 1.54) is 14.8 Å². The molecule has 1 amide bonds. The van der Waals surface area contributed by atoms with Gasteiger partial charge < -0.3 is 17.0 Å². The number of ether oxygens (including phenoxy) is 1. The minimum absolute atomic E-state index is 0.102. The zero-order valence-electron chi connectivity index (χ0n) is 10.3. The molecule has 0 aromatic carbocycles. The normalized spacial score (nSPS) is 12.7. The summed E-state index contributed by atoms with van der Waals surface area (Å²) in [6.07, 6.45) is -0.402. The average Bonchev–Trinajstić information content (AvgIpc) is 2.03. The van der Waals surface area contributed by atoms with Gasteiger partial charge in [0.15, 0.2) is 0 Å². The van der Waals surface area contributed by atoms with Crippen LogP contribution in [0.4, 0.5) is 4.79 Å². The van der Waals surface area contributed by atoms with Gasteiger partial charge in [0.2, 0.25) is 0 Å². The maximum atomic E-state index is 11.2. The molecule has 0 spiro atoms. The van der Waals surface area contributed by atoms with E-state index in [0.717, 1.165) is 0 Å². The number of rotatable bonds is 2. The van der Waals surface area contributed by atoms with Crippen LogP contribution in [0.25, 0.3) is 0 Å². The first-order valence-electron chi connectivity index (χ1n) is 4.81. The van der Waals surface area contributed by atoms with Crippen molar-refractivity contribution in [1.29, 1.82) is 0 Å². The van der Waals surface area contributed by atoms with Gasteiger partial charge in [-0.1, -0.05) is 25.8 Å². The van der Waals surface area contributed by atoms with Crippen LogP contribution in [0.2, 0.25) is 0 Å². The van der Waals surface area contributed by atoms with Gasteiger partial charge in [-0.25, -0.2) is 4.79 Å².